The molecule has 0 bridgehead atoms. The third-order valence-corrected chi connectivity index (χ3v) is 7.49. The summed E-state index contributed by atoms with van der Waals surface area (Å²) in [6.07, 6.45) is 4.28. The molecule has 0 radical (unpaired) electrons. The summed E-state index contributed by atoms with van der Waals surface area (Å²) in [5.41, 5.74) is 3.78. The number of likely N-dealkylation sites (N-methyl/N-ethyl adjacent to an activating group) is 1. The van der Waals surface area contributed by atoms with Crippen molar-refractivity contribution in [2.75, 3.05) is 39.8 Å². The molecule has 0 amide bonds. The minimum atomic E-state index is 0.140. The van der Waals surface area contributed by atoms with Gasteiger partial charge in [-0.25, -0.2) is 4.98 Å². The van der Waals surface area contributed by atoms with Crippen LogP contribution in [0.5, 0.6) is 11.5 Å². The second-order valence-corrected chi connectivity index (χ2v) is 9.12. The number of hydrogen-bond acceptors (Lipinski definition) is 6. The smallest absolute Gasteiger partial charge is 0.161 e. The lowest BCUT2D eigenvalue weighted by Gasteiger charge is -2.42. The van der Waals surface area contributed by atoms with Crippen LogP contribution in [0, 0.1) is 0 Å². The fraction of sp³-hybridized carbons (Fsp3) is 0.407. The van der Waals surface area contributed by atoms with Crippen molar-refractivity contribution in [3.05, 3.63) is 60.2 Å². The predicted octanol–water partition coefficient (Wildman–Crippen LogP) is 4.89. The molecule has 2 fully saturated rings. The molecule has 5 rings (SSSR count). The highest BCUT2D eigenvalue weighted by Crippen LogP contribution is 2.49. The van der Waals surface area contributed by atoms with Gasteiger partial charge in [-0.15, -0.1) is 0 Å². The van der Waals surface area contributed by atoms with Crippen LogP contribution in [-0.4, -0.2) is 56.1 Å². The number of nitrogens with one attached hydrogen (secondary N) is 1. The minimum Gasteiger partial charge on any atom is -0.493 e. The first-order valence-electron chi connectivity index (χ1n) is 11.7. The van der Waals surface area contributed by atoms with Crippen molar-refractivity contribution in [3.8, 4) is 11.5 Å². The molecule has 2 aliphatic rings. The van der Waals surface area contributed by atoms with E-state index in [9.17, 15) is 0 Å². The van der Waals surface area contributed by atoms with Crippen molar-refractivity contribution in [2.24, 2.45) is 4.99 Å². The Morgan fingerprint density at radius 2 is 1.91 bits per heavy atom. The van der Waals surface area contributed by atoms with Crippen LogP contribution in [0.15, 0.2) is 59.6 Å². The fourth-order valence-electron chi connectivity index (χ4n) is 5.62. The number of ether oxygens (including phenoxy) is 2. The predicted molar refractivity (Wildman–Crippen MR) is 134 cm³/mol. The van der Waals surface area contributed by atoms with Crippen molar-refractivity contribution < 1.29 is 9.47 Å². The highest BCUT2D eigenvalue weighted by Gasteiger charge is 2.49. The van der Waals surface area contributed by atoms with E-state index in [-0.39, 0.29) is 5.41 Å². The van der Waals surface area contributed by atoms with E-state index in [1.807, 2.05) is 30.3 Å². The number of fused-ring (bicyclic) bond motifs is 2. The summed E-state index contributed by atoms with van der Waals surface area (Å²) >= 11 is 0. The van der Waals surface area contributed by atoms with Crippen LogP contribution in [0.3, 0.4) is 0 Å². The zero-order valence-corrected chi connectivity index (χ0v) is 19.7. The summed E-state index contributed by atoms with van der Waals surface area (Å²) in [6, 6.07) is 19.2. The third kappa shape index (κ3) is 4.04. The summed E-state index contributed by atoms with van der Waals surface area (Å²) in [5.74, 6) is 2.46. The normalized spacial score (nSPS) is 24.1. The number of para-hydroxylation sites is 1. The van der Waals surface area contributed by atoms with Gasteiger partial charge in [0.25, 0.3) is 0 Å². The van der Waals surface area contributed by atoms with E-state index in [0.29, 0.717) is 12.7 Å². The Morgan fingerprint density at radius 1 is 1.06 bits per heavy atom. The number of rotatable bonds is 6. The Bertz CT molecular complexity index is 1180. The molecule has 1 saturated heterocycles. The summed E-state index contributed by atoms with van der Waals surface area (Å²) < 4.78 is 11.1. The van der Waals surface area contributed by atoms with Crippen molar-refractivity contribution in [3.63, 3.8) is 0 Å². The number of anilines is 1. The topological polar surface area (TPSA) is 59.0 Å². The molecule has 0 spiro atoms. The Labute approximate surface area is 195 Å². The van der Waals surface area contributed by atoms with Crippen LogP contribution < -0.4 is 14.8 Å². The fourth-order valence-corrected chi connectivity index (χ4v) is 5.62. The molecule has 1 saturated carbocycles. The number of aliphatic imine (C=N–C) groups is 1. The molecule has 6 heteroatoms. The van der Waals surface area contributed by atoms with Gasteiger partial charge in [0.1, 0.15) is 12.5 Å². The lowest BCUT2D eigenvalue weighted by atomic mass is 9.65. The molecular formula is C27H32N4O2. The van der Waals surface area contributed by atoms with E-state index in [0.717, 1.165) is 60.4 Å². The summed E-state index contributed by atoms with van der Waals surface area (Å²) in [6.45, 7) is 1.66. The number of likely N-dealkylation sites (tertiary alicyclic amines) is 1. The molecule has 3 aromatic rings. The average Bonchev–Trinajstić information content (AvgIpc) is 3.20. The first kappa shape index (κ1) is 21.7. The van der Waals surface area contributed by atoms with Gasteiger partial charge in [0.15, 0.2) is 11.5 Å². The molecule has 33 heavy (non-hydrogen) atoms. The standard InChI is InChI=1S/C27H32N4O2/c1-31-15-14-27(20-9-10-23(32-2)24(16-20)33-3)13-12-21(17-25(27)31)28-18-29-26-11-8-19-6-4-5-7-22(19)30-26/h4-11,16,25H,12-15,17-18H2,1-3H3,(H,29,30)/b28-21+/t25-,27-/m0/s1. The van der Waals surface area contributed by atoms with E-state index >= 15 is 0 Å². The van der Waals surface area contributed by atoms with E-state index in [4.69, 9.17) is 19.5 Å². The summed E-state index contributed by atoms with van der Waals surface area (Å²) in [7, 11) is 5.64. The minimum absolute atomic E-state index is 0.140. The van der Waals surface area contributed by atoms with E-state index in [1.165, 1.54) is 11.3 Å². The molecule has 2 atom stereocenters. The molecule has 1 aliphatic carbocycles. The van der Waals surface area contributed by atoms with Gasteiger partial charge in [-0.05, 0) is 68.8 Å². The zero-order chi connectivity index (χ0) is 22.8. The molecule has 1 N–H and O–H groups in total. The van der Waals surface area contributed by atoms with E-state index < -0.39 is 0 Å². The second kappa shape index (κ2) is 9.02. The molecule has 172 valence electrons. The van der Waals surface area contributed by atoms with Crippen LogP contribution in [0.1, 0.15) is 31.2 Å². The van der Waals surface area contributed by atoms with Crippen molar-refractivity contribution in [1.29, 1.82) is 0 Å². The molecular weight excluding hydrogens is 412 g/mol. The first-order valence-corrected chi connectivity index (χ1v) is 11.7. The number of methoxy groups -OCH3 is 2. The Balaban J connectivity index is 1.31. The van der Waals surface area contributed by atoms with Gasteiger partial charge < -0.3 is 19.7 Å². The Hall–Kier alpha value is -3.12. The third-order valence-electron chi connectivity index (χ3n) is 7.49. The second-order valence-electron chi connectivity index (χ2n) is 9.12. The monoisotopic (exact) mass is 444 g/mol. The maximum absolute atomic E-state index is 5.61. The van der Waals surface area contributed by atoms with Gasteiger partial charge >= 0.3 is 0 Å². The molecule has 2 aromatic carbocycles. The van der Waals surface area contributed by atoms with Crippen molar-refractivity contribution in [2.45, 2.75) is 37.1 Å². The summed E-state index contributed by atoms with van der Waals surface area (Å²) in [5, 5.41) is 4.53. The maximum Gasteiger partial charge on any atom is 0.161 e. The Kier molecular flexibility index (Phi) is 5.94. The van der Waals surface area contributed by atoms with Gasteiger partial charge in [-0.1, -0.05) is 24.3 Å². The molecule has 1 aliphatic heterocycles. The lowest BCUT2D eigenvalue weighted by molar-refractivity contribution is 0.226. The number of aromatic nitrogens is 1. The highest BCUT2D eigenvalue weighted by molar-refractivity contribution is 5.87. The maximum atomic E-state index is 5.61. The summed E-state index contributed by atoms with van der Waals surface area (Å²) in [4.78, 5) is 12.1. The van der Waals surface area contributed by atoms with Gasteiger partial charge in [0.05, 0.1) is 19.7 Å². The van der Waals surface area contributed by atoms with Crippen LogP contribution in [0.2, 0.25) is 0 Å². The van der Waals surface area contributed by atoms with Crippen LogP contribution in [0.25, 0.3) is 10.9 Å². The van der Waals surface area contributed by atoms with Gasteiger partial charge in [-0.3, -0.25) is 4.99 Å². The van der Waals surface area contributed by atoms with Crippen LogP contribution in [0.4, 0.5) is 5.82 Å². The van der Waals surface area contributed by atoms with E-state index in [2.05, 4.69) is 41.5 Å². The van der Waals surface area contributed by atoms with Crippen LogP contribution in [-0.2, 0) is 5.41 Å². The van der Waals surface area contributed by atoms with Gasteiger partial charge in [-0.2, -0.15) is 0 Å². The number of hydrogen-bond donors (Lipinski definition) is 1. The molecule has 0 unspecified atom stereocenters. The average molecular weight is 445 g/mol. The van der Waals surface area contributed by atoms with Crippen molar-refractivity contribution >= 4 is 22.4 Å². The Morgan fingerprint density at radius 3 is 2.76 bits per heavy atom. The quantitative estimate of drug-likeness (QED) is 0.587. The number of nitrogens with zero attached hydrogens (tertiary/aromatic N) is 3. The zero-order valence-electron chi connectivity index (χ0n) is 19.7. The molecule has 6 nitrogen and oxygen atoms in total. The number of pyridine rings is 1. The van der Waals surface area contributed by atoms with Gasteiger partial charge in [0.2, 0.25) is 0 Å². The van der Waals surface area contributed by atoms with E-state index in [1.54, 1.807) is 14.2 Å². The lowest BCUT2D eigenvalue weighted by Crippen LogP contribution is -2.46. The SMILES string of the molecule is COc1ccc([C@@]23CC/C(=N\CNc4ccc5ccccc5n4)C[C@@H]2N(C)CC3)cc1OC. The first-order chi connectivity index (χ1) is 16.1. The highest BCUT2D eigenvalue weighted by atomic mass is 16.5. The van der Waals surface area contributed by atoms with Crippen LogP contribution >= 0.6 is 0 Å². The van der Waals surface area contributed by atoms with Gasteiger partial charge in [0, 0.05) is 29.0 Å². The molecule has 1 aromatic heterocycles. The molecule has 2 heterocycles. The largest absolute Gasteiger partial charge is 0.493 e. The van der Waals surface area contributed by atoms with Crippen molar-refractivity contribution in [1.82, 2.24) is 9.88 Å². The number of benzene rings is 2.